The van der Waals surface area contributed by atoms with Gasteiger partial charge in [0.25, 0.3) is 0 Å². The molecule has 1 aliphatic heterocycles. The molecule has 1 N–H and O–H groups in total. The van der Waals surface area contributed by atoms with Gasteiger partial charge in [0, 0.05) is 32.4 Å². The molecular formula is C56H98N2O8. The number of carbonyl (C=O) groups excluding carboxylic acids is 4. The summed E-state index contributed by atoms with van der Waals surface area (Å²) in [5, 5.41) is 2.88. The summed E-state index contributed by atoms with van der Waals surface area (Å²) < 4.78 is 22.8. The number of rotatable bonds is 44. The molecule has 1 heterocycles. The largest absolute Gasteiger partial charge is 0.462 e. The third-order valence-electron chi connectivity index (χ3n) is 12.4. The number of nitrogens with one attached hydrogen (secondary N) is 1. The van der Waals surface area contributed by atoms with E-state index >= 15 is 0 Å². The van der Waals surface area contributed by atoms with Crippen LogP contribution in [-0.4, -0.2) is 80.5 Å². The molecule has 1 fully saturated rings. The van der Waals surface area contributed by atoms with Crippen LogP contribution in [0.4, 0.5) is 4.79 Å². The molecule has 0 radical (unpaired) electrons. The van der Waals surface area contributed by atoms with E-state index in [9.17, 15) is 19.2 Å². The molecule has 0 spiro atoms. The number of hydrogen-bond donors (Lipinski definition) is 1. The molecule has 10 nitrogen and oxygen atoms in total. The molecule has 10 heteroatoms. The minimum Gasteiger partial charge on any atom is -0.462 e. The predicted octanol–water partition coefficient (Wildman–Crippen LogP) is 14.4. The molecule has 0 saturated carbocycles. The first-order chi connectivity index (χ1) is 32.3. The number of unbranched alkanes of at least 4 members (excludes halogenated alkanes) is 16. The Hall–Kier alpha value is -3.40. The van der Waals surface area contributed by atoms with Gasteiger partial charge in [-0.15, -0.1) is 0 Å². The summed E-state index contributed by atoms with van der Waals surface area (Å²) in [5.74, 6) is -0.864. The normalized spacial score (nSPS) is 13.8. The average molecular weight is 927 g/mol. The van der Waals surface area contributed by atoms with E-state index in [4.69, 9.17) is 18.9 Å². The Morgan fingerprint density at radius 3 is 1.44 bits per heavy atom. The summed E-state index contributed by atoms with van der Waals surface area (Å²) in [7, 11) is 0. The zero-order valence-electron chi connectivity index (χ0n) is 42.7. The first-order valence-electron chi connectivity index (χ1n) is 27.1. The zero-order chi connectivity index (χ0) is 48.0. The zero-order valence-corrected chi connectivity index (χ0v) is 42.7. The van der Waals surface area contributed by atoms with Crippen molar-refractivity contribution in [3.05, 3.63) is 48.6 Å². The molecule has 0 aromatic carbocycles. The third kappa shape index (κ3) is 38.7. The van der Waals surface area contributed by atoms with E-state index in [0.717, 1.165) is 122 Å². The van der Waals surface area contributed by atoms with Crippen molar-refractivity contribution in [2.24, 2.45) is 5.92 Å². The van der Waals surface area contributed by atoms with Crippen LogP contribution in [0.3, 0.4) is 0 Å². The van der Waals surface area contributed by atoms with Crippen LogP contribution < -0.4 is 5.32 Å². The van der Waals surface area contributed by atoms with Gasteiger partial charge in [-0.25, -0.2) is 4.79 Å². The van der Waals surface area contributed by atoms with E-state index in [1.54, 1.807) is 0 Å². The number of ether oxygens (including phenoxy) is 4. The van der Waals surface area contributed by atoms with Crippen molar-refractivity contribution in [1.82, 2.24) is 10.2 Å². The fourth-order valence-electron chi connectivity index (χ4n) is 8.05. The molecule has 0 bridgehead atoms. The van der Waals surface area contributed by atoms with Crippen molar-refractivity contribution < 1.29 is 38.1 Å². The van der Waals surface area contributed by atoms with Gasteiger partial charge in [0.1, 0.15) is 19.3 Å². The van der Waals surface area contributed by atoms with Crippen molar-refractivity contribution in [3.8, 4) is 0 Å². The Labute approximate surface area is 403 Å². The fourth-order valence-corrected chi connectivity index (χ4v) is 8.05. The quantitative estimate of drug-likeness (QED) is 0.0276. The van der Waals surface area contributed by atoms with Gasteiger partial charge in [0.05, 0.1) is 0 Å². The minimum absolute atomic E-state index is 0.0161. The van der Waals surface area contributed by atoms with Crippen molar-refractivity contribution in [3.63, 3.8) is 0 Å². The van der Waals surface area contributed by atoms with Gasteiger partial charge in [-0.3, -0.25) is 14.4 Å². The predicted molar refractivity (Wildman–Crippen MR) is 272 cm³/mol. The smallest absolute Gasteiger partial charge is 0.407 e. The molecule has 1 aliphatic rings. The van der Waals surface area contributed by atoms with E-state index in [1.807, 2.05) is 0 Å². The van der Waals surface area contributed by atoms with E-state index in [1.165, 1.54) is 64.2 Å². The Kier molecular flexibility index (Phi) is 41.7. The maximum absolute atomic E-state index is 13.3. The van der Waals surface area contributed by atoms with Gasteiger partial charge >= 0.3 is 24.0 Å². The number of nitrogens with zero attached hydrogens (tertiary/aromatic N) is 1. The lowest BCUT2D eigenvalue weighted by atomic mass is 9.94. The monoisotopic (exact) mass is 927 g/mol. The second-order valence-corrected chi connectivity index (χ2v) is 18.4. The van der Waals surface area contributed by atoms with E-state index in [0.29, 0.717) is 25.3 Å². The summed E-state index contributed by atoms with van der Waals surface area (Å²) in [6, 6.07) is 0. The average Bonchev–Trinajstić information content (AvgIpc) is 3.84. The van der Waals surface area contributed by atoms with Crippen LogP contribution in [0.1, 0.15) is 227 Å². The van der Waals surface area contributed by atoms with Crippen molar-refractivity contribution in [2.45, 2.75) is 239 Å². The Morgan fingerprint density at radius 1 is 0.515 bits per heavy atom. The highest BCUT2D eigenvalue weighted by Crippen LogP contribution is 2.21. The first kappa shape index (κ1) is 60.6. The van der Waals surface area contributed by atoms with Crippen LogP contribution in [0.15, 0.2) is 48.6 Å². The molecule has 0 aromatic heterocycles. The lowest BCUT2D eigenvalue weighted by molar-refractivity contribution is -0.167. The number of hydrogen-bond acceptors (Lipinski definition) is 9. The van der Waals surface area contributed by atoms with Crippen LogP contribution in [0.2, 0.25) is 0 Å². The highest BCUT2D eigenvalue weighted by molar-refractivity contribution is 5.71. The Morgan fingerprint density at radius 2 is 0.970 bits per heavy atom. The second-order valence-electron chi connectivity index (χ2n) is 18.4. The lowest BCUT2D eigenvalue weighted by Gasteiger charge is -2.23. The lowest BCUT2D eigenvalue weighted by Crippen LogP contribution is -2.36. The molecular weight excluding hydrogens is 829 g/mol. The van der Waals surface area contributed by atoms with Crippen LogP contribution >= 0.6 is 0 Å². The molecule has 0 aromatic rings. The number of carbonyl (C=O) groups is 4. The van der Waals surface area contributed by atoms with Gasteiger partial charge in [-0.05, 0) is 122 Å². The molecule has 1 atom stereocenters. The number of amides is 1. The summed E-state index contributed by atoms with van der Waals surface area (Å²) in [5.41, 5.74) is 0. The second kappa shape index (κ2) is 45.4. The Balaban J connectivity index is 2.56. The van der Waals surface area contributed by atoms with Crippen LogP contribution in [-0.2, 0) is 33.3 Å². The first-order valence-corrected chi connectivity index (χ1v) is 27.1. The molecule has 1 saturated heterocycles. The van der Waals surface area contributed by atoms with Gasteiger partial charge in [-0.1, -0.05) is 153 Å². The molecule has 380 valence electrons. The summed E-state index contributed by atoms with van der Waals surface area (Å²) in [6.45, 7) is 11.8. The SMILES string of the molecule is CCCCC/C=C\C/C=C\CCCCCCCC(=O)OCC(COC(=O)CCCCCCC/C=C\C/C=C\CCCCC)OC(=O)CCC(CC(CC)CC)OC(=O)NCCN1CCCC1. The number of allylic oxidation sites excluding steroid dienone is 8. The van der Waals surface area contributed by atoms with Crippen molar-refractivity contribution in [2.75, 3.05) is 39.4 Å². The van der Waals surface area contributed by atoms with Crippen molar-refractivity contribution in [1.29, 1.82) is 0 Å². The van der Waals surface area contributed by atoms with Crippen molar-refractivity contribution >= 4 is 24.0 Å². The topological polar surface area (TPSA) is 120 Å². The minimum atomic E-state index is -0.924. The third-order valence-corrected chi connectivity index (χ3v) is 12.4. The highest BCUT2D eigenvalue weighted by Gasteiger charge is 2.24. The number of alkyl carbamates (subject to hydrolysis) is 1. The summed E-state index contributed by atoms with van der Waals surface area (Å²) >= 11 is 0. The maximum Gasteiger partial charge on any atom is 0.407 e. The van der Waals surface area contributed by atoms with Gasteiger partial charge in [0.15, 0.2) is 6.10 Å². The van der Waals surface area contributed by atoms with Gasteiger partial charge in [-0.2, -0.15) is 0 Å². The van der Waals surface area contributed by atoms with Crippen LogP contribution in [0, 0.1) is 5.92 Å². The fraction of sp³-hybridized carbons (Fsp3) is 0.786. The van der Waals surface area contributed by atoms with E-state index < -0.39 is 24.3 Å². The standard InChI is InChI=1S/C56H98N2O8/c1-5-9-11-13-15-17-19-21-23-25-27-29-31-33-35-39-53(59)63-48-52(49-64-54(60)40-36-34-32-30-28-26-24-22-20-18-16-14-12-10-6-2)65-55(61)42-41-51(47-50(7-3)8-4)66-56(62)57-43-46-58-44-37-38-45-58/h15-18,21-24,50-52H,5-14,19-20,25-49H2,1-4H3,(H,57,62)/b17-15-,18-16-,23-21-,24-22-. The van der Waals surface area contributed by atoms with E-state index in [2.05, 4.69) is 86.5 Å². The maximum atomic E-state index is 13.3. The molecule has 0 aliphatic carbocycles. The number of esters is 3. The summed E-state index contributed by atoms with van der Waals surface area (Å²) in [4.78, 5) is 53.9. The molecule has 1 rings (SSSR count). The van der Waals surface area contributed by atoms with Gasteiger partial charge in [0.2, 0.25) is 0 Å². The molecule has 1 amide bonds. The summed E-state index contributed by atoms with van der Waals surface area (Å²) in [6.07, 6.45) is 46.3. The van der Waals surface area contributed by atoms with Crippen LogP contribution in [0.25, 0.3) is 0 Å². The Bertz CT molecular complexity index is 1240. The number of likely N-dealkylation sites (tertiary alicyclic amines) is 1. The van der Waals surface area contributed by atoms with Crippen LogP contribution in [0.5, 0.6) is 0 Å². The molecule has 66 heavy (non-hydrogen) atoms. The molecule has 1 unspecified atom stereocenters. The van der Waals surface area contributed by atoms with E-state index in [-0.39, 0.29) is 44.4 Å². The highest BCUT2D eigenvalue weighted by atomic mass is 16.6. The van der Waals surface area contributed by atoms with Gasteiger partial charge < -0.3 is 29.2 Å².